The number of nitrogens with one attached hydrogen (secondary N) is 1. The van der Waals surface area contributed by atoms with Crippen LogP contribution in [-0.4, -0.2) is 19.0 Å². The fourth-order valence-corrected chi connectivity index (χ4v) is 2.65. The zero-order valence-electron chi connectivity index (χ0n) is 11.2. The van der Waals surface area contributed by atoms with Gasteiger partial charge < -0.3 is 14.8 Å². The minimum atomic E-state index is -0.243. The van der Waals surface area contributed by atoms with E-state index in [1.54, 1.807) is 23.9 Å². The highest BCUT2D eigenvalue weighted by molar-refractivity contribution is 7.98. The first-order chi connectivity index (χ1) is 10.2. The van der Waals surface area contributed by atoms with Crippen LogP contribution in [0.4, 0.5) is 5.69 Å². The standard InChI is InChI=1S/C15H12ClNO3S/c1-21-11-4-2-10(3-5-11)17-15(18)9-6-12(16)14-13(7-9)19-8-20-14/h2-7H,8H2,1H3,(H,17,18). The van der Waals surface area contributed by atoms with E-state index < -0.39 is 0 Å². The Labute approximate surface area is 131 Å². The summed E-state index contributed by atoms with van der Waals surface area (Å²) in [6.45, 7) is 0.121. The zero-order valence-corrected chi connectivity index (χ0v) is 12.8. The predicted octanol–water partition coefficient (Wildman–Crippen LogP) is 4.04. The Morgan fingerprint density at radius 2 is 2.00 bits per heavy atom. The van der Waals surface area contributed by atoms with Gasteiger partial charge in [0, 0.05) is 16.1 Å². The number of rotatable bonds is 3. The van der Waals surface area contributed by atoms with Gasteiger partial charge in [0.2, 0.25) is 6.79 Å². The number of carbonyl (C=O) groups is 1. The molecule has 0 spiro atoms. The summed E-state index contributed by atoms with van der Waals surface area (Å²) in [5.41, 5.74) is 1.16. The maximum Gasteiger partial charge on any atom is 0.255 e. The van der Waals surface area contributed by atoms with Crippen LogP contribution in [0.3, 0.4) is 0 Å². The van der Waals surface area contributed by atoms with Crippen molar-refractivity contribution in [3.05, 3.63) is 47.0 Å². The van der Waals surface area contributed by atoms with E-state index in [0.29, 0.717) is 22.1 Å². The molecule has 3 rings (SSSR count). The highest BCUT2D eigenvalue weighted by atomic mass is 35.5. The molecule has 0 saturated carbocycles. The van der Waals surface area contributed by atoms with Crippen molar-refractivity contribution in [1.29, 1.82) is 0 Å². The molecule has 0 aromatic heterocycles. The second-order valence-electron chi connectivity index (χ2n) is 4.37. The molecule has 108 valence electrons. The summed E-state index contributed by atoms with van der Waals surface area (Å²) < 4.78 is 10.5. The minimum absolute atomic E-state index is 0.121. The Morgan fingerprint density at radius 3 is 2.71 bits per heavy atom. The van der Waals surface area contributed by atoms with E-state index >= 15 is 0 Å². The average molecular weight is 322 g/mol. The van der Waals surface area contributed by atoms with Gasteiger partial charge in [-0.15, -0.1) is 11.8 Å². The lowest BCUT2D eigenvalue weighted by Gasteiger charge is -2.07. The monoisotopic (exact) mass is 321 g/mol. The zero-order chi connectivity index (χ0) is 14.8. The summed E-state index contributed by atoms with van der Waals surface area (Å²) in [4.78, 5) is 13.4. The quantitative estimate of drug-likeness (QED) is 0.867. The number of thioether (sulfide) groups is 1. The van der Waals surface area contributed by atoms with E-state index in [1.807, 2.05) is 30.5 Å². The Hall–Kier alpha value is -1.85. The van der Waals surface area contributed by atoms with Crippen molar-refractivity contribution >= 4 is 35.0 Å². The molecule has 0 fully saturated rings. The molecule has 0 aliphatic carbocycles. The highest BCUT2D eigenvalue weighted by Gasteiger charge is 2.20. The van der Waals surface area contributed by atoms with Gasteiger partial charge >= 0.3 is 0 Å². The van der Waals surface area contributed by atoms with Crippen LogP contribution in [0.2, 0.25) is 5.02 Å². The second-order valence-corrected chi connectivity index (χ2v) is 5.66. The number of anilines is 1. The highest BCUT2D eigenvalue weighted by Crippen LogP contribution is 2.39. The fraction of sp³-hybridized carbons (Fsp3) is 0.133. The summed E-state index contributed by atoms with van der Waals surface area (Å²) in [7, 11) is 0. The van der Waals surface area contributed by atoms with Crippen molar-refractivity contribution in [2.75, 3.05) is 18.4 Å². The smallest absolute Gasteiger partial charge is 0.255 e. The average Bonchev–Trinajstić information content (AvgIpc) is 2.97. The number of amides is 1. The summed E-state index contributed by atoms with van der Waals surface area (Å²) in [5.74, 6) is 0.732. The minimum Gasteiger partial charge on any atom is -0.454 e. The van der Waals surface area contributed by atoms with Gasteiger partial charge in [0.1, 0.15) is 0 Å². The van der Waals surface area contributed by atoms with E-state index in [9.17, 15) is 4.79 Å². The first-order valence-corrected chi connectivity index (χ1v) is 7.82. The molecular formula is C15H12ClNO3S. The van der Waals surface area contributed by atoms with Gasteiger partial charge in [0.05, 0.1) is 5.02 Å². The van der Waals surface area contributed by atoms with Gasteiger partial charge in [-0.05, 0) is 42.7 Å². The molecule has 1 N–H and O–H groups in total. The summed E-state index contributed by atoms with van der Waals surface area (Å²) in [6, 6.07) is 10.8. The molecule has 0 saturated heterocycles. The molecule has 0 atom stereocenters. The molecule has 21 heavy (non-hydrogen) atoms. The Morgan fingerprint density at radius 1 is 1.24 bits per heavy atom. The molecule has 6 heteroatoms. The SMILES string of the molecule is CSc1ccc(NC(=O)c2cc(Cl)c3c(c2)OCO3)cc1. The van der Waals surface area contributed by atoms with Crippen LogP contribution in [0.25, 0.3) is 0 Å². The maximum absolute atomic E-state index is 12.2. The van der Waals surface area contributed by atoms with Crippen LogP contribution in [0.5, 0.6) is 11.5 Å². The fourth-order valence-electron chi connectivity index (χ4n) is 1.98. The Bertz CT molecular complexity index is 688. The van der Waals surface area contributed by atoms with E-state index in [2.05, 4.69) is 5.32 Å². The van der Waals surface area contributed by atoms with E-state index in [-0.39, 0.29) is 12.7 Å². The normalized spacial score (nSPS) is 12.3. The maximum atomic E-state index is 12.2. The number of carbonyl (C=O) groups excluding carboxylic acids is 1. The summed E-state index contributed by atoms with van der Waals surface area (Å²) in [5, 5.41) is 3.19. The lowest BCUT2D eigenvalue weighted by Crippen LogP contribution is -2.11. The topological polar surface area (TPSA) is 47.6 Å². The van der Waals surface area contributed by atoms with E-state index in [0.717, 1.165) is 10.6 Å². The van der Waals surface area contributed by atoms with Crippen LogP contribution < -0.4 is 14.8 Å². The summed E-state index contributed by atoms with van der Waals surface area (Å²) >= 11 is 7.72. The molecule has 0 unspecified atom stereocenters. The van der Waals surface area contributed by atoms with Crippen LogP contribution >= 0.6 is 23.4 Å². The lowest BCUT2D eigenvalue weighted by atomic mass is 10.2. The first-order valence-electron chi connectivity index (χ1n) is 6.22. The number of ether oxygens (including phenoxy) is 2. The third-order valence-corrected chi connectivity index (χ3v) is 4.06. The molecule has 0 radical (unpaired) electrons. The van der Waals surface area contributed by atoms with Crippen molar-refractivity contribution in [3.8, 4) is 11.5 Å². The van der Waals surface area contributed by atoms with Gasteiger partial charge in [-0.2, -0.15) is 0 Å². The predicted molar refractivity (Wildman–Crippen MR) is 83.8 cm³/mol. The number of hydrogen-bond donors (Lipinski definition) is 1. The van der Waals surface area contributed by atoms with Gasteiger partial charge in [0.25, 0.3) is 5.91 Å². The largest absolute Gasteiger partial charge is 0.454 e. The molecule has 2 aromatic carbocycles. The van der Waals surface area contributed by atoms with E-state index in [1.165, 1.54) is 0 Å². The molecule has 1 aliphatic heterocycles. The molecule has 2 aromatic rings. The van der Waals surface area contributed by atoms with Gasteiger partial charge in [-0.1, -0.05) is 11.6 Å². The number of halogens is 1. The van der Waals surface area contributed by atoms with E-state index in [4.69, 9.17) is 21.1 Å². The molecule has 1 heterocycles. The third-order valence-electron chi connectivity index (χ3n) is 3.04. The van der Waals surface area contributed by atoms with Crippen molar-refractivity contribution in [1.82, 2.24) is 0 Å². The van der Waals surface area contributed by atoms with Gasteiger partial charge in [-0.3, -0.25) is 4.79 Å². The number of benzene rings is 2. The molecule has 4 nitrogen and oxygen atoms in total. The summed E-state index contributed by atoms with van der Waals surface area (Å²) in [6.07, 6.45) is 2.00. The molecule has 1 amide bonds. The Balaban J connectivity index is 1.80. The Kier molecular flexibility index (Phi) is 3.94. The lowest BCUT2D eigenvalue weighted by molar-refractivity contribution is 0.102. The molecular weight excluding hydrogens is 310 g/mol. The number of hydrogen-bond acceptors (Lipinski definition) is 4. The van der Waals surface area contributed by atoms with Crippen LogP contribution in [0, 0.1) is 0 Å². The molecule has 1 aliphatic rings. The van der Waals surface area contributed by atoms with Crippen LogP contribution in [0.1, 0.15) is 10.4 Å². The van der Waals surface area contributed by atoms with Crippen LogP contribution in [-0.2, 0) is 0 Å². The second kappa shape index (κ2) is 5.87. The van der Waals surface area contributed by atoms with Crippen molar-refractivity contribution in [3.63, 3.8) is 0 Å². The van der Waals surface area contributed by atoms with Gasteiger partial charge in [-0.25, -0.2) is 0 Å². The van der Waals surface area contributed by atoms with Crippen LogP contribution in [0.15, 0.2) is 41.3 Å². The van der Waals surface area contributed by atoms with Gasteiger partial charge in [0.15, 0.2) is 11.5 Å². The third kappa shape index (κ3) is 2.94. The number of fused-ring (bicyclic) bond motifs is 1. The van der Waals surface area contributed by atoms with Crippen molar-refractivity contribution in [2.45, 2.75) is 4.90 Å². The molecule has 0 bridgehead atoms. The first kappa shape index (κ1) is 14.1. The van der Waals surface area contributed by atoms with Crippen molar-refractivity contribution in [2.24, 2.45) is 0 Å². The van der Waals surface area contributed by atoms with Crippen molar-refractivity contribution < 1.29 is 14.3 Å².